The van der Waals surface area contributed by atoms with Crippen molar-refractivity contribution in [3.63, 3.8) is 0 Å². The van der Waals surface area contributed by atoms with Gasteiger partial charge in [-0.2, -0.15) is 0 Å². The minimum atomic E-state index is -0.718. The van der Waals surface area contributed by atoms with Gasteiger partial charge in [-0.15, -0.1) is 11.3 Å². The predicted molar refractivity (Wildman–Crippen MR) is 109 cm³/mol. The first-order chi connectivity index (χ1) is 14.1. The zero-order valence-corrected chi connectivity index (χ0v) is 17.1. The molecule has 2 heterocycles. The van der Waals surface area contributed by atoms with Crippen molar-refractivity contribution in [2.75, 3.05) is 7.11 Å². The molecule has 0 radical (unpaired) electrons. The summed E-state index contributed by atoms with van der Waals surface area (Å²) in [5.41, 5.74) is -0.188. The molecule has 4 aliphatic rings. The van der Waals surface area contributed by atoms with Gasteiger partial charge in [-0.05, 0) is 48.8 Å². The molecule has 6 rings (SSSR count). The molecule has 3 fully saturated rings. The van der Waals surface area contributed by atoms with Crippen LogP contribution in [0.15, 0.2) is 35.7 Å². The van der Waals surface area contributed by atoms with Crippen LogP contribution in [0.4, 0.5) is 0 Å². The van der Waals surface area contributed by atoms with Crippen LogP contribution in [-0.2, 0) is 11.3 Å². The van der Waals surface area contributed by atoms with Gasteiger partial charge in [0.05, 0.1) is 19.2 Å². The summed E-state index contributed by atoms with van der Waals surface area (Å²) in [6, 6.07) is 9.31. The number of rotatable bonds is 4. The molecule has 2 amide bonds. The van der Waals surface area contributed by atoms with Crippen molar-refractivity contribution in [3.8, 4) is 11.5 Å². The lowest BCUT2D eigenvalue weighted by molar-refractivity contribution is -0.146. The highest BCUT2D eigenvalue weighted by molar-refractivity contribution is 7.09. The van der Waals surface area contributed by atoms with Crippen LogP contribution in [0.25, 0.3) is 0 Å². The smallest absolute Gasteiger partial charge is 0.258 e. The number of hydrogen-bond acceptors (Lipinski definition) is 5. The lowest BCUT2D eigenvalue weighted by Gasteiger charge is -2.55. The average molecular weight is 413 g/mol. The topological polar surface area (TPSA) is 76.7 Å². The van der Waals surface area contributed by atoms with Gasteiger partial charge in [0.25, 0.3) is 5.91 Å². The minimum Gasteiger partial charge on any atom is -0.497 e. The SMILES string of the molecule is COc1ccc2c(c1)O[C@@]1(C[C@@H]3CC[C@@H]1C[C@@H]3C(=O)NCc1cccs1)NC2=O. The van der Waals surface area contributed by atoms with E-state index in [0.29, 0.717) is 30.0 Å². The van der Waals surface area contributed by atoms with Crippen molar-refractivity contribution in [1.82, 2.24) is 10.6 Å². The van der Waals surface area contributed by atoms with Crippen LogP contribution in [0.3, 0.4) is 0 Å². The van der Waals surface area contributed by atoms with E-state index in [-0.39, 0.29) is 29.6 Å². The Balaban J connectivity index is 1.33. The van der Waals surface area contributed by atoms with Gasteiger partial charge >= 0.3 is 0 Å². The first kappa shape index (κ1) is 18.5. The molecule has 2 bridgehead atoms. The van der Waals surface area contributed by atoms with E-state index in [9.17, 15) is 9.59 Å². The molecule has 4 atom stereocenters. The number of carbonyl (C=O) groups is 2. The third kappa shape index (κ3) is 3.17. The normalized spacial score (nSPS) is 29.7. The summed E-state index contributed by atoms with van der Waals surface area (Å²) < 4.78 is 11.7. The highest BCUT2D eigenvalue weighted by Gasteiger charge is 2.57. The zero-order valence-electron chi connectivity index (χ0n) is 16.3. The quantitative estimate of drug-likeness (QED) is 0.808. The minimum absolute atomic E-state index is 0.0217. The summed E-state index contributed by atoms with van der Waals surface area (Å²) in [4.78, 5) is 26.8. The maximum atomic E-state index is 12.8. The first-order valence-corrected chi connectivity index (χ1v) is 11.0. The largest absolute Gasteiger partial charge is 0.497 e. The molecule has 3 saturated carbocycles. The summed E-state index contributed by atoms with van der Waals surface area (Å²) in [5, 5.41) is 8.25. The number of ether oxygens (including phenoxy) is 2. The highest BCUT2D eigenvalue weighted by Crippen LogP contribution is 2.52. The molecule has 2 aromatic rings. The molecule has 0 saturated heterocycles. The number of carbonyl (C=O) groups excluding carboxylic acids is 2. The molecule has 1 aromatic carbocycles. The molecule has 1 aliphatic heterocycles. The number of benzene rings is 1. The second-order valence-corrected chi connectivity index (χ2v) is 9.22. The van der Waals surface area contributed by atoms with Gasteiger partial charge in [0, 0.05) is 29.2 Å². The van der Waals surface area contributed by atoms with Crippen LogP contribution in [0.5, 0.6) is 11.5 Å². The Morgan fingerprint density at radius 1 is 1.38 bits per heavy atom. The molecule has 1 spiro atoms. The molecule has 29 heavy (non-hydrogen) atoms. The van der Waals surface area contributed by atoms with E-state index in [1.54, 1.807) is 36.6 Å². The number of fused-ring (bicyclic) bond motifs is 3. The van der Waals surface area contributed by atoms with E-state index in [1.807, 2.05) is 17.5 Å². The monoisotopic (exact) mass is 412 g/mol. The van der Waals surface area contributed by atoms with Crippen LogP contribution in [-0.4, -0.2) is 24.6 Å². The van der Waals surface area contributed by atoms with Gasteiger partial charge in [0.1, 0.15) is 11.5 Å². The third-order valence-corrected chi connectivity index (χ3v) is 7.50. The molecule has 0 unspecified atom stereocenters. The van der Waals surface area contributed by atoms with E-state index in [2.05, 4.69) is 10.6 Å². The number of hydrogen-bond donors (Lipinski definition) is 2. The van der Waals surface area contributed by atoms with Crippen molar-refractivity contribution in [2.45, 2.75) is 38.0 Å². The molecule has 7 heteroatoms. The van der Waals surface area contributed by atoms with Gasteiger partial charge in [0.15, 0.2) is 5.72 Å². The lowest BCUT2D eigenvalue weighted by atomic mass is 9.60. The Morgan fingerprint density at radius 3 is 3.00 bits per heavy atom. The Bertz CT molecular complexity index is 944. The maximum absolute atomic E-state index is 12.8. The average Bonchev–Trinajstić information content (AvgIpc) is 3.25. The van der Waals surface area contributed by atoms with Crippen LogP contribution in [0.1, 0.15) is 40.9 Å². The van der Waals surface area contributed by atoms with Gasteiger partial charge in [-0.3, -0.25) is 9.59 Å². The van der Waals surface area contributed by atoms with E-state index in [0.717, 1.165) is 24.1 Å². The van der Waals surface area contributed by atoms with Gasteiger partial charge in [-0.25, -0.2) is 0 Å². The number of methoxy groups -OCH3 is 1. The number of nitrogens with one attached hydrogen (secondary N) is 2. The van der Waals surface area contributed by atoms with Gasteiger partial charge in [0.2, 0.25) is 5.91 Å². The van der Waals surface area contributed by atoms with Crippen LogP contribution in [0.2, 0.25) is 0 Å². The fourth-order valence-electron chi connectivity index (χ4n) is 5.16. The Hall–Kier alpha value is -2.54. The highest BCUT2D eigenvalue weighted by atomic mass is 32.1. The van der Waals surface area contributed by atoms with E-state index in [4.69, 9.17) is 9.47 Å². The van der Waals surface area contributed by atoms with E-state index in [1.165, 1.54) is 0 Å². The molecular formula is C22H24N2O4S. The molecule has 3 aliphatic carbocycles. The summed E-state index contributed by atoms with van der Waals surface area (Å²) in [6.07, 6.45) is 3.35. The number of amides is 2. The molecule has 2 N–H and O–H groups in total. The van der Waals surface area contributed by atoms with Crippen LogP contribution >= 0.6 is 11.3 Å². The van der Waals surface area contributed by atoms with Crippen molar-refractivity contribution in [3.05, 3.63) is 46.2 Å². The van der Waals surface area contributed by atoms with Crippen molar-refractivity contribution in [1.29, 1.82) is 0 Å². The Kier molecular flexibility index (Phi) is 4.50. The van der Waals surface area contributed by atoms with Crippen LogP contribution in [0, 0.1) is 17.8 Å². The molecule has 152 valence electrons. The zero-order chi connectivity index (χ0) is 20.0. The number of thiophene rings is 1. The maximum Gasteiger partial charge on any atom is 0.258 e. The van der Waals surface area contributed by atoms with Gasteiger partial charge < -0.3 is 20.1 Å². The van der Waals surface area contributed by atoms with Crippen molar-refractivity contribution < 1.29 is 19.1 Å². The van der Waals surface area contributed by atoms with Crippen molar-refractivity contribution in [2.24, 2.45) is 17.8 Å². The summed E-state index contributed by atoms with van der Waals surface area (Å²) >= 11 is 1.65. The molecule has 1 aromatic heterocycles. The molecular weight excluding hydrogens is 388 g/mol. The standard InChI is InChI=1S/C22H24N2O4S/c1-27-15-6-7-17-19(10-15)28-22(24-21(17)26)11-13-4-5-14(22)9-18(13)20(25)23-12-16-3-2-8-29-16/h2-3,6-8,10,13-14,18H,4-5,9,11-12H2,1H3,(H,23,25)(H,24,26)/t13-,14+,18-,22+/m0/s1. The van der Waals surface area contributed by atoms with E-state index < -0.39 is 5.72 Å². The van der Waals surface area contributed by atoms with Crippen LogP contribution < -0.4 is 20.1 Å². The predicted octanol–water partition coefficient (Wildman–Crippen LogP) is 3.33. The summed E-state index contributed by atoms with van der Waals surface area (Å²) in [7, 11) is 1.60. The Morgan fingerprint density at radius 2 is 2.28 bits per heavy atom. The van der Waals surface area contributed by atoms with Crippen molar-refractivity contribution >= 4 is 23.2 Å². The summed E-state index contributed by atoms with van der Waals surface area (Å²) in [6.45, 7) is 0.579. The summed E-state index contributed by atoms with van der Waals surface area (Å²) in [5.74, 6) is 1.54. The van der Waals surface area contributed by atoms with Gasteiger partial charge in [-0.1, -0.05) is 6.07 Å². The van der Waals surface area contributed by atoms with E-state index >= 15 is 0 Å². The fraction of sp³-hybridized carbons (Fsp3) is 0.455. The first-order valence-electron chi connectivity index (χ1n) is 10.1. The third-order valence-electron chi connectivity index (χ3n) is 6.62. The molecule has 6 nitrogen and oxygen atoms in total. The Labute approximate surface area is 173 Å². The lowest BCUT2D eigenvalue weighted by Crippen LogP contribution is -2.66. The second kappa shape index (κ2) is 7.06. The second-order valence-electron chi connectivity index (χ2n) is 8.19. The fourth-order valence-corrected chi connectivity index (χ4v) is 5.80.